The van der Waals surface area contributed by atoms with Crippen LogP contribution in [0.15, 0.2) is 42.5 Å². The Balaban J connectivity index is 1.45. The lowest BCUT2D eigenvalue weighted by Gasteiger charge is -2.41. The third-order valence-electron chi connectivity index (χ3n) is 20.2. The quantitative estimate of drug-likeness (QED) is 0.163. The van der Waals surface area contributed by atoms with E-state index in [4.69, 9.17) is 11.6 Å². The molecule has 2 heterocycles. The minimum absolute atomic E-state index is 0.0158. The molecule has 0 aromatic heterocycles. The Labute approximate surface area is 590 Å². The second kappa shape index (κ2) is 35.2. The van der Waals surface area contributed by atoms with Crippen LogP contribution < -0.4 is 16.0 Å². The number of carbonyl (C=O) groups excluding carboxylic acids is 11. The summed E-state index contributed by atoms with van der Waals surface area (Å²) in [6, 6.07) is -3.45. The van der Waals surface area contributed by atoms with Crippen molar-refractivity contribution in [1.29, 1.82) is 0 Å². The fourth-order valence-corrected chi connectivity index (χ4v) is 14.4. The number of likely N-dealkylation sites (N-methyl/N-ethyl adjacent to an activating group) is 6. The van der Waals surface area contributed by atoms with E-state index in [9.17, 15) is 69.8 Å². The number of fused-ring (bicyclic) bond motifs is 1. The van der Waals surface area contributed by atoms with Crippen molar-refractivity contribution < 1.29 is 89.0 Å². The Morgan fingerprint density at radius 1 is 0.653 bits per heavy atom. The lowest BCUT2D eigenvalue weighted by Crippen LogP contribution is -2.65. The SMILES string of the molecule is CCCN1C(=O)CN(C)C(=O)CN(C)C(=O)[C@H]([C@@H](C)CC)NC(=O)[C@H](CC(C)C)N(C)C(=O)C[C@@H](C(=O)O)N(C)C(=O)[C@H](C2CCCC2)N(C)C(=O)C2(CCCC2)NC(=O)[C@@H]2CCCN2C(=O)[C@H](CCc2ccc(C(F)(F)F)c(Cl)c2)NC(=O)CN(C)C(=O)[C@@H]1Cc1ccc(C(F)(F)F)cc1. The number of nitrogens with zero attached hydrogens (tertiary/aromatic N) is 8. The van der Waals surface area contributed by atoms with Crippen LogP contribution in [0.3, 0.4) is 0 Å². The van der Waals surface area contributed by atoms with E-state index in [1.807, 2.05) is 0 Å². The van der Waals surface area contributed by atoms with Crippen LogP contribution in [-0.4, -0.2) is 238 Å². The second-order valence-electron chi connectivity index (χ2n) is 28.0. The van der Waals surface area contributed by atoms with E-state index in [0.717, 1.165) is 71.9 Å². The van der Waals surface area contributed by atoms with Gasteiger partial charge in [0.15, 0.2) is 0 Å². The van der Waals surface area contributed by atoms with Gasteiger partial charge in [-0.25, -0.2) is 4.79 Å². The van der Waals surface area contributed by atoms with Crippen LogP contribution >= 0.6 is 11.6 Å². The fraction of sp³-hybridized carbons (Fsp3) is 0.657. The number of nitrogens with one attached hydrogen (secondary N) is 3. The van der Waals surface area contributed by atoms with E-state index in [1.165, 1.54) is 52.1 Å². The van der Waals surface area contributed by atoms with Crippen LogP contribution in [0.25, 0.3) is 0 Å². The molecular formula is C70H98ClF6N11O13. The van der Waals surface area contributed by atoms with E-state index in [1.54, 1.807) is 34.6 Å². The summed E-state index contributed by atoms with van der Waals surface area (Å²) < 4.78 is 83.1. The van der Waals surface area contributed by atoms with Crippen molar-refractivity contribution in [3.05, 3.63) is 69.7 Å². The number of aryl methyl sites for hydroxylation is 1. The molecule has 0 bridgehead atoms. The summed E-state index contributed by atoms with van der Waals surface area (Å²) in [5.74, 6) is -12.0. The Hall–Kier alpha value is -8.05. The Morgan fingerprint density at radius 2 is 1.26 bits per heavy atom. The number of amides is 11. The van der Waals surface area contributed by atoms with Gasteiger partial charge < -0.3 is 60.3 Å². The maximum Gasteiger partial charge on any atom is 0.417 e. The molecule has 0 radical (unpaired) electrons. The predicted octanol–water partition coefficient (Wildman–Crippen LogP) is 6.18. The Bertz CT molecular complexity index is 3350. The molecule has 31 heteroatoms. The maximum atomic E-state index is 15.4. The number of alkyl halides is 6. The lowest BCUT2D eigenvalue weighted by atomic mass is 9.90. The second-order valence-corrected chi connectivity index (χ2v) is 28.4. The van der Waals surface area contributed by atoms with Crippen molar-refractivity contribution >= 4 is 82.5 Å². The summed E-state index contributed by atoms with van der Waals surface area (Å²) >= 11 is 6.11. The van der Waals surface area contributed by atoms with Gasteiger partial charge in [0.05, 0.1) is 42.2 Å². The van der Waals surface area contributed by atoms with Crippen molar-refractivity contribution in [3.8, 4) is 0 Å². The molecular weight excluding hydrogens is 1350 g/mol. The molecule has 2 aliphatic carbocycles. The van der Waals surface area contributed by atoms with Crippen LogP contribution in [0.4, 0.5) is 26.3 Å². The zero-order valence-electron chi connectivity index (χ0n) is 59.4. The Morgan fingerprint density at radius 3 is 1.82 bits per heavy atom. The maximum absolute atomic E-state index is 15.4. The number of aliphatic carboxylic acids is 1. The Kier molecular flexibility index (Phi) is 28.6. The third-order valence-corrected chi connectivity index (χ3v) is 20.5. The highest BCUT2D eigenvalue weighted by atomic mass is 35.5. The minimum atomic E-state index is -4.82. The van der Waals surface area contributed by atoms with Gasteiger partial charge in [-0.2, -0.15) is 26.3 Å². The highest BCUT2D eigenvalue weighted by Crippen LogP contribution is 2.39. The standard InChI is InChI=1S/C70H98ClF6N11O13/c1-12-32-87-52(36-44-22-26-46(27-23-44)69(72,73)74)63(96)82(7)38-54(89)78-49(29-25-43-24-28-47(48(71)35-43)70(75,76)77)62(95)88-33-18-21-50(88)61(94)80-68(30-16-17-31-68)67(101)86(11)59(45-19-14-15-20-45)65(98)85(10)53(66(99)100)37-55(90)84(9)51(34-41(3)4)60(93)79-58(42(5)13-2)64(97)83(8)39-56(91)81(6)40-57(87)92/h22-24,26-28,35,41-42,45,49-53,58-59H,12-21,25,29-34,36-40H2,1-11H3,(H,78,89)(H,79,93)(H,80,94)(H,99,100)/t42-,49-,50-,51-,52-,53-,58-,59-/m0/s1. The van der Waals surface area contributed by atoms with Crippen molar-refractivity contribution in [1.82, 2.24) is 55.1 Å². The summed E-state index contributed by atoms with van der Waals surface area (Å²) in [5.41, 5.74) is -3.45. The largest absolute Gasteiger partial charge is 0.480 e. The van der Waals surface area contributed by atoms with Crippen LogP contribution in [-0.2, 0) is 82.7 Å². The van der Waals surface area contributed by atoms with Gasteiger partial charge in [-0.3, -0.25) is 52.7 Å². The summed E-state index contributed by atoms with van der Waals surface area (Å²) in [6.45, 7) is 6.18. The van der Waals surface area contributed by atoms with Crippen LogP contribution in [0.1, 0.15) is 153 Å². The van der Waals surface area contributed by atoms with Gasteiger partial charge in [0.1, 0.15) is 47.8 Å². The van der Waals surface area contributed by atoms with Crippen LogP contribution in [0.2, 0.25) is 5.02 Å². The molecule has 8 atom stereocenters. The minimum Gasteiger partial charge on any atom is -0.480 e. The number of benzene rings is 2. The molecule has 4 N–H and O–H groups in total. The van der Waals surface area contributed by atoms with E-state index >= 15 is 19.2 Å². The fourth-order valence-electron chi connectivity index (χ4n) is 14.1. The van der Waals surface area contributed by atoms with E-state index in [2.05, 4.69) is 16.0 Å². The van der Waals surface area contributed by atoms with E-state index in [-0.39, 0.29) is 81.5 Å². The normalized spacial score (nSPS) is 24.8. The molecule has 11 amide bonds. The molecule has 2 aromatic rings. The molecule has 2 saturated heterocycles. The highest BCUT2D eigenvalue weighted by Gasteiger charge is 2.51. The smallest absolute Gasteiger partial charge is 0.417 e. The molecule has 4 aliphatic rings. The summed E-state index contributed by atoms with van der Waals surface area (Å²) in [7, 11) is 7.63. The number of carboxylic acid groups (broad SMARTS) is 1. The molecule has 2 aliphatic heterocycles. The third kappa shape index (κ3) is 20.6. The summed E-state index contributed by atoms with van der Waals surface area (Å²) in [4.78, 5) is 185. The van der Waals surface area contributed by atoms with E-state index in [0.29, 0.717) is 44.9 Å². The molecule has 2 saturated carbocycles. The first-order valence-electron chi connectivity index (χ1n) is 34.6. The molecule has 0 unspecified atom stereocenters. The van der Waals surface area contributed by atoms with E-state index < -0.39 is 192 Å². The molecule has 101 heavy (non-hydrogen) atoms. The first-order chi connectivity index (χ1) is 47.3. The van der Waals surface area contributed by atoms with Gasteiger partial charge in [0, 0.05) is 61.8 Å². The van der Waals surface area contributed by atoms with Crippen LogP contribution in [0, 0.1) is 17.8 Å². The first-order valence-corrected chi connectivity index (χ1v) is 34.9. The number of hydrogen-bond donors (Lipinski definition) is 4. The number of hydrogen-bond acceptors (Lipinski definition) is 12. The molecule has 2 aromatic carbocycles. The van der Waals surface area contributed by atoms with Gasteiger partial charge in [0.25, 0.3) is 0 Å². The predicted molar refractivity (Wildman–Crippen MR) is 359 cm³/mol. The zero-order valence-corrected chi connectivity index (χ0v) is 60.2. The lowest BCUT2D eigenvalue weighted by molar-refractivity contribution is -0.158. The average Bonchev–Trinajstić information content (AvgIpc) is 1.72. The van der Waals surface area contributed by atoms with Crippen molar-refractivity contribution in [3.63, 3.8) is 0 Å². The first kappa shape index (κ1) is 81.9. The highest BCUT2D eigenvalue weighted by molar-refractivity contribution is 6.31. The van der Waals surface area contributed by atoms with Crippen molar-refractivity contribution in [2.45, 2.75) is 204 Å². The van der Waals surface area contributed by atoms with Crippen LogP contribution in [0.5, 0.6) is 0 Å². The number of carbonyl (C=O) groups is 12. The number of rotatable bonds is 13. The summed E-state index contributed by atoms with van der Waals surface area (Å²) in [5, 5.41) is 18.6. The zero-order chi connectivity index (χ0) is 75.3. The molecule has 24 nitrogen and oxygen atoms in total. The van der Waals surface area contributed by atoms with Gasteiger partial charge in [-0.05, 0) is 117 Å². The van der Waals surface area contributed by atoms with Crippen molar-refractivity contribution in [2.24, 2.45) is 17.8 Å². The molecule has 6 rings (SSSR count). The van der Waals surface area contributed by atoms with Gasteiger partial charge in [-0.15, -0.1) is 0 Å². The topological polar surface area (TPSA) is 287 Å². The van der Waals surface area contributed by atoms with Crippen molar-refractivity contribution in [2.75, 3.05) is 75.0 Å². The number of halogens is 7. The molecule has 560 valence electrons. The monoisotopic (exact) mass is 1450 g/mol. The van der Waals surface area contributed by atoms with Gasteiger partial charge >= 0.3 is 18.3 Å². The average molecular weight is 1450 g/mol. The number of carboxylic acids is 1. The summed E-state index contributed by atoms with van der Waals surface area (Å²) in [6.07, 6.45) is -7.23. The molecule has 4 fully saturated rings. The molecule has 1 spiro atoms. The van der Waals surface area contributed by atoms with Gasteiger partial charge in [0.2, 0.25) is 65.0 Å². The van der Waals surface area contributed by atoms with Gasteiger partial charge in [-0.1, -0.05) is 96.5 Å².